The van der Waals surface area contributed by atoms with E-state index < -0.39 is 6.46 Å². The van der Waals surface area contributed by atoms with Gasteiger partial charge in [-0.2, -0.15) is 0 Å². The first-order valence-corrected chi connectivity index (χ1v) is 68.9. The van der Waals surface area contributed by atoms with Gasteiger partial charge >= 0.3 is 0 Å². The van der Waals surface area contributed by atoms with Crippen LogP contribution in [0, 0.1) is 0 Å². The molecular weight excluding hydrogens is 1520 g/mol. The predicted molar refractivity (Wildman–Crippen MR) is 361 cm³/mol. The van der Waals surface area contributed by atoms with Crippen LogP contribution in [0.25, 0.3) is 0 Å². The van der Waals surface area contributed by atoms with E-state index in [1.807, 2.05) is 246 Å². The van der Waals surface area contributed by atoms with Gasteiger partial charge in [0.15, 0.2) is 0 Å². The Hall–Kier alpha value is 16.2. The van der Waals surface area contributed by atoms with Crippen LogP contribution in [0.1, 0.15) is 0 Å². The smallest absolute Gasteiger partial charge is 0.0846 e. The van der Waals surface area contributed by atoms with E-state index >= 15 is 0 Å². The topological polar surface area (TPSA) is 9.23 Å². The fraction of sp³-hybridized carbons (Fsp3) is 0. The first kappa shape index (κ1) is 64.2. The molecule has 48 heavy (non-hydrogen) atoms. The van der Waals surface area contributed by atoms with Crippen molar-refractivity contribution < 1.29 is 3.97 Å². The summed E-state index contributed by atoms with van der Waals surface area (Å²) in [5, 5.41) is 0. The minimum absolute atomic E-state index is 1.44. The van der Waals surface area contributed by atoms with Crippen molar-refractivity contribution in [3.63, 3.8) is 0 Å². The molecular formula is H3OPS46. The molecule has 0 aromatic heterocycles. The lowest BCUT2D eigenvalue weighted by Gasteiger charge is -2.03. The average Bonchev–Trinajstić information content (AvgIpc) is 3.09. The van der Waals surface area contributed by atoms with Crippen molar-refractivity contribution in [2.75, 3.05) is 0 Å². The zero-order chi connectivity index (χ0) is 34.9. The molecule has 48 heteroatoms. The van der Waals surface area contributed by atoms with Gasteiger partial charge in [0.05, 0.1) is 6.46 Å². The Morgan fingerprint density at radius 3 is 0.583 bits per heavy atom. The highest BCUT2D eigenvalue weighted by Gasteiger charge is 2.05. The number of hydrogen-bond donors (Lipinski definition) is 1. The summed E-state index contributed by atoms with van der Waals surface area (Å²) in [6.45, 7) is -1.83. The van der Waals surface area contributed by atoms with E-state index in [1.54, 1.807) is 147 Å². The van der Waals surface area contributed by atoms with Crippen molar-refractivity contribution >= 4 is 463 Å². The summed E-state index contributed by atoms with van der Waals surface area (Å²) in [6, 6.07) is 0. The highest BCUT2D eigenvalue weighted by atomic mass is 34.1. The summed E-state index contributed by atoms with van der Waals surface area (Å²) >= 11 is 14.4. The van der Waals surface area contributed by atoms with E-state index in [0.717, 1.165) is 0 Å². The Balaban J connectivity index is 3.07. The fourth-order valence-electron chi connectivity index (χ4n) is 0.505. The van der Waals surface area contributed by atoms with Gasteiger partial charge in [-0.3, -0.25) is 3.97 Å². The Kier molecular flexibility index (Phi) is 77.0. The maximum absolute atomic E-state index is 5.14. The van der Waals surface area contributed by atoms with Crippen LogP contribution in [-0.2, 0) is 32.8 Å². The third kappa shape index (κ3) is 58.4. The minimum Gasteiger partial charge on any atom is -0.285 e. The Bertz CT molecular complexity index is 668. The second kappa shape index (κ2) is 57.5. The fourth-order valence-corrected chi connectivity index (χ4v) is 118. The third-order valence-corrected chi connectivity index (χ3v) is 101. The summed E-state index contributed by atoms with van der Waals surface area (Å²) in [5.41, 5.74) is 0. The SMILES string of the molecule is POS(=S)(=S)SSSSSSSSSSSSSSSSSSSSSSSSSSSSSSSSSSSSSSSSSSS. The molecule has 0 radical (unpaired) electrons. The first-order valence-electron chi connectivity index (χ1n) is 7.92. The highest BCUT2D eigenvalue weighted by molar-refractivity contribution is 9.62. The Labute approximate surface area is 454 Å². The molecule has 0 bridgehead atoms. The maximum Gasteiger partial charge on any atom is 0.0846 e. The summed E-state index contributed by atoms with van der Waals surface area (Å²) in [7, 11) is 76.8. The maximum atomic E-state index is 5.14. The van der Waals surface area contributed by atoms with E-state index in [2.05, 4.69) is 21.1 Å². The molecule has 0 spiro atoms. The molecule has 1 atom stereocenters. The molecule has 290 valence electrons. The predicted octanol–water partition coefficient (Wildman–Crippen LogP) is 27.9. The van der Waals surface area contributed by atoms with Crippen LogP contribution >= 0.6 is 434 Å². The van der Waals surface area contributed by atoms with E-state index in [-0.39, 0.29) is 0 Å². The van der Waals surface area contributed by atoms with Crippen molar-refractivity contribution in [2.45, 2.75) is 0 Å². The van der Waals surface area contributed by atoms with Gasteiger partial charge in [-0.1, -0.05) is 11.7 Å². The summed E-state index contributed by atoms with van der Waals surface area (Å²) in [6.07, 6.45) is 0. The van der Waals surface area contributed by atoms with Gasteiger partial charge in [-0.25, -0.2) is 0 Å². The van der Waals surface area contributed by atoms with Gasteiger partial charge in [0.2, 0.25) is 0 Å². The van der Waals surface area contributed by atoms with E-state index in [0.29, 0.717) is 0 Å². The molecule has 0 rings (SSSR count). The third-order valence-electron chi connectivity index (χ3n) is 1.34. The van der Waals surface area contributed by atoms with Crippen molar-refractivity contribution in [1.29, 1.82) is 0 Å². The van der Waals surface area contributed by atoms with Crippen LogP contribution in [0.15, 0.2) is 0 Å². The molecule has 0 heterocycles. The van der Waals surface area contributed by atoms with Crippen molar-refractivity contribution in [3.8, 4) is 0 Å². The number of thiol groups is 1. The first-order chi connectivity index (χ1) is 23.6. The molecule has 0 N–H and O–H groups in total. The minimum atomic E-state index is -1.83. The van der Waals surface area contributed by atoms with Gasteiger partial charge in [-0.15, -0.1) is 0 Å². The standard InChI is InChI=1S/H3OPS46/c2-1-48(4,5)47-46-45-44-43-42-41-40-39-38-37-36-35-34-33-32-31-30-29-28-27-26-25-24-23-22-21-20-19-18-17-16-15-14-13-12-11-10-9-8-7-6-3/h3H,2H2. The van der Waals surface area contributed by atoms with Crippen molar-refractivity contribution in [1.82, 2.24) is 0 Å². The number of rotatable bonds is 43. The molecule has 0 amide bonds. The van der Waals surface area contributed by atoms with Crippen LogP contribution in [-0.4, -0.2) is 0 Å². The second-order valence-electron chi connectivity index (χ2n) is 3.37. The monoisotopic (exact) mass is 1520 g/mol. The van der Waals surface area contributed by atoms with Crippen LogP contribution < -0.4 is 0 Å². The average molecular weight is 1530 g/mol. The van der Waals surface area contributed by atoms with E-state index in [4.69, 9.17) is 26.3 Å². The van der Waals surface area contributed by atoms with Crippen molar-refractivity contribution in [2.24, 2.45) is 0 Å². The molecule has 1 unspecified atom stereocenters. The lowest BCUT2D eigenvalue weighted by atomic mass is 15.9. The second-order valence-corrected chi connectivity index (χ2v) is 85.5. The van der Waals surface area contributed by atoms with Gasteiger partial charge < -0.3 is 0 Å². The van der Waals surface area contributed by atoms with Crippen LogP contribution in [0.4, 0.5) is 0 Å². The highest BCUT2D eigenvalue weighted by Crippen LogP contribution is 2.68. The summed E-state index contributed by atoms with van der Waals surface area (Å²) < 4.78 is 5.02. The lowest BCUT2D eigenvalue weighted by molar-refractivity contribution is 0.764. The van der Waals surface area contributed by atoms with E-state index in [9.17, 15) is 0 Å². The van der Waals surface area contributed by atoms with Crippen LogP contribution in [0.3, 0.4) is 0 Å². The normalized spacial score (nSPS) is 12.0. The molecule has 0 aliphatic carbocycles. The summed E-state index contributed by atoms with van der Waals surface area (Å²) in [5.74, 6) is 0. The molecule has 0 saturated carbocycles. The molecule has 0 fully saturated rings. The summed E-state index contributed by atoms with van der Waals surface area (Å²) in [4.78, 5) is 0. The number of hydrogen-bond acceptors (Lipinski definition) is 46. The molecule has 0 aromatic rings. The van der Waals surface area contributed by atoms with E-state index in [1.165, 1.54) is 19.7 Å². The Morgan fingerprint density at radius 2 is 0.438 bits per heavy atom. The molecule has 1 nitrogen and oxygen atoms in total. The zero-order valence-electron chi connectivity index (χ0n) is 19.8. The van der Waals surface area contributed by atoms with Crippen molar-refractivity contribution in [3.05, 3.63) is 0 Å². The molecule has 0 aromatic carbocycles. The van der Waals surface area contributed by atoms with Crippen LogP contribution in [0.2, 0.25) is 0 Å². The molecule has 0 saturated heterocycles. The zero-order valence-corrected chi connectivity index (χ0v) is 58.6. The van der Waals surface area contributed by atoms with Gasteiger partial charge in [0.25, 0.3) is 0 Å². The van der Waals surface area contributed by atoms with Gasteiger partial charge in [0, 0.05) is 344 Å². The van der Waals surface area contributed by atoms with Crippen LogP contribution in [0.5, 0.6) is 0 Å². The van der Waals surface area contributed by atoms with Gasteiger partial charge in [-0.05, 0) is 101 Å². The quantitative estimate of drug-likeness (QED) is 0.0268. The Morgan fingerprint density at radius 1 is 0.292 bits per heavy atom. The molecule has 0 aliphatic rings. The largest absolute Gasteiger partial charge is 0.285 e. The molecule has 0 aliphatic heterocycles. The lowest BCUT2D eigenvalue weighted by Crippen LogP contribution is -1.81. The van der Waals surface area contributed by atoms with Gasteiger partial charge in [0.1, 0.15) is 0 Å².